The number of rotatable bonds is 2. The van der Waals surface area contributed by atoms with Crippen LogP contribution >= 0.6 is 0 Å². The predicted molar refractivity (Wildman–Crippen MR) is 29.0 cm³/mol. The monoisotopic (exact) mass is 208 g/mol. The molecule has 11 heteroatoms. The molecule has 0 aromatic carbocycles. The Morgan fingerprint density at radius 1 is 0.929 bits per heavy atom. The highest BCUT2D eigenvalue weighted by molar-refractivity contribution is 5.59. The van der Waals surface area contributed by atoms with Gasteiger partial charge in [-0.05, 0) is 0 Å². The number of carbonyl (C=O) groups is 1. The van der Waals surface area contributed by atoms with Crippen LogP contribution < -0.4 is 21.3 Å². The summed E-state index contributed by atoms with van der Waals surface area (Å²) in [4.78, 5) is 38.6. The second-order valence-electron chi connectivity index (χ2n) is 1.74. The molecule has 76 valence electrons. The Kier molecular flexibility index (Phi) is 1.56. The zero-order chi connectivity index (χ0) is 10.1. The topological polar surface area (TPSA) is 132 Å². The van der Waals surface area contributed by atoms with E-state index < -0.39 is 17.8 Å². The molecule has 0 saturated carbocycles. The molecule has 0 aliphatic heterocycles. The third-order valence-electron chi connectivity index (χ3n) is 0.894. The number of nitrogens with zero attached hydrogens (tertiary/aromatic N) is 2. The van der Waals surface area contributed by atoms with Crippen LogP contribution in [0.4, 0.5) is 4.79 Å². The number of hydrogen-bond acceptors (Lipinski definition) is 9. The highest BCUT2D eigenvalue weighted by Gasteiger charge is 2.16. The van der Waals surface area contributed by atoms with Crippen molar-refractivity contribution in [1.82, 2.24) is 10.2 Å². The smallest absolute Gasteiger partial charge is 0.238 e. The van der Waals surface area contributed by atoms with Gasteiger partial charge in [0, 0.05) is 0 Å². The molecule has 11 nitrogen and oxygen atoms in total. The zero-order valence-electron chi connectivity index (χ0n) is 6.07. The summed E-state index contributed by atoms with van der Waals surface area (Å²) in [5.74, 6) is -2.10. The van der Waals surface area contributed by atoms with Gasteiger partial charge in [0.2, 0.25) is 0 Å². The van der Waals surface area contributed by atoms with E-state index in [0.29, 0.717) is 0 Å². The van der Waals surface area contributed by atoms with E-state index in [1.54, 1.807) is 0 Å². The second-order valence-corrected chi connectivity index (χ2v) is 1.74. The average molecular weight is 208 g/mol. The first kappa shape index (κ1) is 8.03. The Morgan fingerprint density at radius 2 is 1.29 bits per heavy atom. The largest absolute Gasteiger partial charge is 0.568 e. The third kappa shape index (κ3) is 1.45. The average Bonchev–Trinajstić information content (AvgIpc) is 1.98. The van der Waals surface area contributed by atoms with E-state index in [0.717, 1.165) is 0 Å². The van der Waals surface area contributed by atoms with Crippen LogP contribution in [0.1, 0.15) is 0 Å². The first-order valence-corrected chi connectivity index (χ1v) is 2.93. The van der Waals surface area contributed by atoms with Gasteiger partial charge in [-0.2, -0.15) is 14.4 Å². The lowest BCUT2D eigenvalue weighted by molar-refractivity contribution is -0.252. The summed E-state index contributed by atoms with van der Waals surface area (Å²) in [6.07, 6.45) is -1.41. The molecular formula is C3N2O9. The molecule has 2 rings (SSSR count). The van der Waals surface area contributed by atoms with Gasteiger partial charge in [0.15, 0.2) is 10.2 Å². The van der Waals surface area contributed by atoms with Gasteiger partial charge in [-0.3, -0.25) is 0 Å². The summed E-state index contributed by atoms with van der Waals surface area (Å²) in [6, 6.07) is 0. The summed E-state index contributed by atoms with van der Waals surface area (Å²) in [5.41, 5.74) is 0. The van der Waals surface area contributed by atoms with Crippen molar-refractivity contribution in [3.05, 3.63) is 21.2 Å². The van der Waals surface area contributed by atoms with E-state index >= 15 is 0 Å². The summed E-state index contributed by atoms with van der Waals surface area (Å²) in [7, 11) is 0. The van der Waals surface area contributed by atoms with Gasteiger partial charge in [0.1, 0.15) is 0 Å². The highest BCUT2D eigenvalue weighted by Crippen LogP contribution is 1.83. The molecule has 0 saturated heterocycles. The van der Waals surface area contributed by atoms with Crippen molar-refractivity contribution in [3.63, 3.8) is 0 Å². The molecule has 0 amide bonds. The van der Waals surface area contributed by atoms with E-state index in [9.17, 15) is 14.4 Å². The molecule has 0 N–H and O–H groups in total. The lowest BCUT2D eigenvalue weighted by Gasteiger charge is -2.02. The molecule has 0 spiro atoms. The van der Waals surface area contributed by atoms with Gasteiger partial charge in [-0.25, -0.2) is 27.8 Å². The Balaban J connectivity index is 1.87. The third-order valence-corrected chi connectivity index (χ3v) is 0.894. The first-order valence-electron chi connectivity index (χ1n) is 2.93. The van der Waals surface area contributed by atoms with Crippen molar-refractivity contribution >= 4 is 6.16 Å². The first-order chi connectivity index (χ1) is 6.63. The van der Waals surface area contributed by atoms with Crippen molar-refractivity contribution < 1.29 is 32.6 Å². The quantitative estimate of drug-likeness (QED) is 0.552. The van der Waals surface area contributed by atoms with Crippen molar-refractivity contribution in [1.29, 1.82) is 0 Å². The number of hydrogen-bond donors (Lipinski definition) is 0. The molecule has 0 unspecified atom stereocenters. The number of aromatic nitrogens is 2. The Morgan fingerprint density at radius 3 is 1.57 bits per heavy atom. The summed E-state index contributed by atoms with van der Waals surface area (Å²) in [5, 5.41) is 0.151. The van der Waals surface area contributed by atoms with E-state index in [-0.39, 0.29) is 10.2 Å². The molecule has 0 aliphatic rings. The molecule has 0 bridgehead atoms. The van der Waals surface area contributed by atoms with E-state index in [2.05, 4.69) is 27.8 Å². The van der Waals surface area contributed by atoms with Gasteiger partial charge in [0.05, 0.1) is 0 Å². The van der Waals surface area contributed by atoms with Crippen molar-refractivity contribution in [2.75, 3.05) is 0 Å². The van der Waals surface area contributed by atoms with Crippen LogP contribution in [-0.4, -0.2) is 16.3 Å². The van der Waals surface area contributed by atoms with Crippen LogP contribution in [0.15, 0.2) is 27.7 Å². The highest BCUT2D eigenvalue weighted by atomic mass is 17.1. The Hall–Kier alpha value is -2.59. The van der Waals surface area contributed by atoms with E-state index in [4.69, 9.17) is 0 Å². The van der Waals surface area contributed by atoms with Crippen LogP contribution in [0.3, 0.4) is 0 Å². The molecule has 0 atom stereocenters. The zero-order valence-corrected chi connectivity index (χ0v) is 6.07. The fraction of sp³-hybridized carbons (Fsp3) is 0. The summed E-state index contributed by atoms with van der Waals surface area (Å²) >= 11 is 0. The maximum atomic E-state index is 10.6. The van der Waals surface area contributed by atoms with Crippen molar-refractivity contribution in [2.24, 2.45) is 0 Å². The van der Waals surface area contributed by atoms with E-state index in [1.165, 1.54) is 0 Å². The minimum Gasteiger partial charge on any atom is -0.238 e. The minimum atomic E-state index is -1.41. The predicted octanol–water partition coefficient (Wildman–Crippen LogP) is -1.94. The molecule has 2 aromatic rings. The van der Waals surface area contributed by atoms with Crippen molar-refractivity contribution in [3.8, 4) is 0 Å². The van der Waals surface area contributed by atoms with Crippen LogP contribution in [0.25, 0.3) is 0 Å². The van der Waals surface area contributed by atoms with Crippen molar-refractivity contribution in [2.45, 2.75) is 0 Å². The molecule has 2 aromatic heterocycles. The Bertz CT molecular complexity index is 448. The molecule has 14 heavy (non-hydrogen) atoms. The van der Waals surface area contributed by atoms with Gasteiger partial charge in [-0.1, -0.05) is 0 Å². The second kappa shape index (κ2) is 2.72. The summed E-state index contributed by atoms with van der Waals surface area (Å²) < 4.78 is 15.8. The maximum absolute atomic E-state index is 10.6. The molecule has 2 heterocycles. The lowest BCUT2D eigenvalue weighted by atomic mass is 11.4. The Labute approximate surface area is 71.3 Å². The number of carbonyl (C=O) groups excluding carboxylic acids is 1. The standard InChI is InChI=1S/C3N2O9/c6-1-9-4(10-1)13-3(8)14-5-11-2(7)12-5. The SMILES string of the molecule is O=C(On1oc(=O)o1)On1oc(=O)o1. The van der Waals surface area contributed by atoms with Crippen LogP contribution in [0, 0.1) is 0 Å². The fourth-order valence-electron chi connectivity index (χ4n) is 0.470. The maximum Gasteiger partial charge on any atom is 0.568 e. The summed E-state index contributed by atoms with van der Waals surface area (Å²) in [6.45, 7) is 0. The molecular weight excluding hydrogens is 208 g/mol. The van der Waals surface area contributed by atoms with Crippen LogP contribution in [0.5, 0.6) is 0 Å². The van der Waals surface area contributed by atoms with Crippen LogP contribution in [0.2, 0.25) is 0 Å². The molecule has 0 aliphatic carbocycles. The van der Waals surface area contributed by atoms with Gasteiger partial charge >= 0.3 is 17.8 Å². The van der Waals surface area contributed by atoms with Crippen LogP contribution in [-0.2, 0) is 0 Å². The van der Waals surface area contributed by atoms with Gasteiger partial charge in [0.25, 0.3) is 0 Å². The van der Waals surface area contributed by atoms with E-state index in [1.807, 2.05) is 0 Å². The van der Waals surface area contributed by atoms with Gasteiger partial charge < -0.3 is 0 Å². The lowest BCUT2D eigenvalue weighted by Crippen LogP contribution is -2.35. The molecule has 0 fully saturated rings. The molecule has 0 radical (unpaired) electrons. The fourth-order valence-corrected chi connectivity index (χ4v) is 0.470. The normalized spacial score (nSPS) is 10.3. The van der Waals surface area contributed by atoms with Gasteiger partial charge in [-0.15, -0.1) is 0 Å². The minimum absolute atomic E-state index is 0.0757.